The Bertz CT molecular complexity index is 500. The molecule has 132 valence electrons. The maximum absolute atomic E-state index is 5.71. The summed E-state index contributed by atoms with van der Waals surface area (Å²) in [6.07, 6.45) is 5.39. The quantitative estimate of drug-likeness (QED) is 0.407. The highest BCUT2D eigenvalue weighted by Crippen LogP contribution is 2.35. The lowest BCUT2D eigenvalue weighted by molar-refractivity contribution is 0.337. The fourth-order valence-corrected chi connectivity index (χ4v) is 4.08. The maximum Gasteiger partial charge on any atom is 0.0984 e. The average molecular weight is 337 g/mol. The molecule has 2 nitrogen and oxygen atoms in total. The van der Waals surface area contributed by atoms with Gasteiger partial charge in [0.05, 0.1) is 12.0 Å². The molecule has 0 saturated carbocycles. The molecule has 0 saturated heterocycles. The number of aromatic nitrogens is 2. The van der Waals surface area contributed by atoms with E-state index in [0.717, 1.165) is 28.8 Å². The van der Waals surface area contributed by atoms with Gasteiger partial charge in [0.2, 0.25) is 0 Å². The van der Waals surface area contributed by atoms with Gasteiger partial charge in [-0.3, -0.25) is 0 Å². The molecule has 2 atom stereocenters. The van der Waals surface area contributed by atoms with Crippen LogP contribution in [0.4, 0.5) is 0 Å². The highest BCUT2D eigenvalue weighted by molar-refractivity contribution is 7.80. The second-order valence-corrected chi connectivity index (χ2v) is 8.92. The molecule has 1 heterocycles. The van der Waals surface area contributed by atoms with Crippen LogP contribution in [0.15, 0.2) is 6.33 Å². The SMILES string of the molecule is CC(C)CC(=S)c1ncn(C)c1C(CC(C)CC(C)C)C(C)C. The third kappa shape index (κ3) is 6.02. The van der Waals surface area contributed by atoms with Gasteiger partial charge in [0.1, 0.15) is 0 Å². The minimum atomic E-state index is 0.524. The number of hydrogen-bond donors (Lipinski definition) is 0. The van der Waals surface area contributed by atoms with Crippen LogP contribution in [0.25, 0.3) is 0 Å². The van der Waals surface area contributed by atoms with Crippen LogP contribution >= 0.6 is 12.2 Å². The van der Waals surface area contributed by atoms with Crippen LogP contribution in [0.5, 0.6) is 0 Å². The van der Waals surface area contributed by atoms with Gasteiger partial charge >= 0.3 is 0 Å². The Hall–Kier alpha value is -0.700. The van der Waals surface area contributed by atoms with Crippen molar-refractivity contribution in [3.8, 4) is 0 Å². The van der Waals surface area contributed by atoms with Crippen molar-refractivity contribution < 1.29 is 0 Å². The molecule has 3 heteroatoms. The normalized spacial score (nSPS) is 14.7. The fourth-order valence-electron chi connectivity index (χ4n) is 3.59. The van der Waals surface area contributed by atoms with E-state index in [1.165, 1.54) is 18.5 Å². The second kappa shape index (κ2) is 8.96. The number of imidazole rings is 1. The first-order chi connectivity index (χ1) is 10.6. The van der Waals surface area contributed by atoms with E-state index < -0.39 is 0 Å². The van der Waals surface area contributed by atoms with Crippen molar-refractivity contribution in [2.24, 2.45) is 30.7 Å². The molecule has 0 bridgehead atoms. The first-order valence-electron chi connectivity index (χ1n) is 9.17. The van der Waals surface area contributed by atoms with Crippen LogP contribution in [-0.2, 0) is 7.05 Å². The van der Waals surface area contributed by atoms with Gasteiger partial charge in [0.25, 0.3) is 0 Å². The Morgan fingerprint density at radius 1 is 1.04 bits per heavy atom. The molecule has 0 radical (unpaired) electrons. The number of thiocarbonyl (C=S) groups is 1. The molecular formula is C20H36N2S. The molecule has 0 aliphatic rings. The van der Waals surface area contributed by atoms with Gasteiger partial charge in [-0.25, -0.2) is 4.98 Å². The van der Waals surface area contributed by atoms with Crippen LogP contribution in [0.2, 0.25) is 0 Å². The molecule has 0 aliphatic carbocycles. The Labute approximate surface area is 149 Å². The van der Waals surface area contributed by atoms with Gasteiger partial charge in [-0.05, 0) is 42.9 Å². The van der Waals surface area contributed by atoms with E-state index in [9.17, 15) is 0 Å². The van der Waals surface area contributed by atoms with Crippen LogP contribution in [0.1, 0.15) is 85.0 Å². The van der Waals surface area contributed by atoms with E-state index in [2.05, 4.69) is 65.1 Å². The molecule has 23 heavy (non-hydrogen) atoms. The minimum absolute atomic E-state index is 0.524. The summed E-state index contributed by atoms with van der Waals surface area (Å²) in [5.41, 5.74) is 2.42. The molecule has 0 amide bonds. The van der Waals surface area contributed by atoms with Crippen LogP contribution in [-0.4, -0.2) is 14.4 Å². The molecular weight excluding hydrogens is 300 g/mol. The summed E-state index contributed by atoms with van der Waals surface area (Å²) >= 11 is 5.71. The molecule has 1 aromatic rings. The Balaban J connectivity index is 3.08. The summed E-state index contributed by atoms with van der Waals surface area (Å²) in [4.78, 5) is 5.69. The van der Waals surface area contributed by atoms with E-state index in [0.29, 0.717) is 17.8 Å². The Morgan fingerprint density at radius 2 is 1.65 bits per heavy atom. The topological polar surface area (TPSA) is 17.8 Å². The van der Waals surface area contributed by atoms with E-state index in [1.54, 1.807) is 0 Å². The number of rotatable bonds is 9. The molecule has 2 unspecified atom stereocenters. The lowest BCUT2D eigenvalue weighted by Gasteiger charge is -2.27. The molecule has 0 N–H and O–H groups in total. The zero-order valence-corrected chi connectivity index (χ0v) is 17.2. The number of aryl methyl sites for hydroxylation is 1. The summed E-state index contributed by atoms with van der Waals surface area (Å²) in [7, 11) is 2.12. The van der Waals surface area contributed by atoms with Gasteiger partial charge < -0.3 is 4.57 Å². The van der Waals surface area contributed by atoms with Crippen molar-refractivity contribution >= 4 is 17.1 Å². The van der Waals surface area contributed by atoms with E-state index in [-0.39, 0.29) is 0 Å². The fraction of sp³-hybridized carbons (Fsp3) is 0.800. The summed E-state index contributed by atoms with van der Waals surface area (Å²) in [6.45, 7) is 16.1. The zero-order valence-electron chi connectivity index (χ0n) is 16.4. The van der Waals surface area contributed by atoms with Gasteiger partial charge in [-0.1, -0.05) is 60.7 Å². The molecule has 1 rings (SSSR count). The average Bonchev–Trinajstić information content (AvgIpc) is 2.75. The van der Waals surface area contributed by atoms with Crippen molar-refractivity contribution in [3.05, 3.63) is 17.7 Å². The van der Waals surface area contributed by atoms with Gasteiger partial charge in [-0.15, -0.1) is 0 Å². The summed E-state index contributed by atoms with van der Waals surface area (Å²) in [6, 6.07) is 0. The second-order valence-electron chi connectivity index (χ2n) is 8.43. The monoisotopic (exact) mass is 336 g/mol. The summed E-state index contributed by atoms with van der Waals surface area (Å²) in [5, 5.41) is 0. The predicted octanol–water partition coefficient (Wildman–Crippen LogP) is 6.00. The Morgan fingerprint density at radius 3 is 2.13 bits per heavy atom. The van der Waals surface area contributed by atoms with Crippen LogP contribution in [0, 0.1) is 23.7 Å². The summed E-state index contributed by atoms with van der Waals surface area (Å²) < 4.78 is 2.20. The lowest BCUT2D eigenvalue weighted by Crippen LogP contribution is -2.18. The molecule has 1 aromatic heterocycles. The van der Waals surface area contributed by atoms with Crippen molar-refractivity contribution in [2.45, 2.75) is 73.6 Å². The van der Waals surface area contributed by atoms with E-state index in [1.807, 2.05) is 6.33 Å². The van der Waals surface area contributed by atoms with E-state index >= 15 is 0 Å². The third-order valence-electron chi connectivity index (χ3n) is 4.53. The summed E-state index contributed by atoms with van der Waals surface area (Å²) in [5.74, 6) is 3.18. The number of nitrogens with zero attached hydrogens (tertiary/aromatic N) is 2. The smallest absolute Gasteiger partial charge is 0.0984 e. The van der Waals surface area contributed by atoms with Crippen molar-refractivity contribution in [1.29, 1.82) is 0 Å². The highest BCUT2D eigenvalue weighted by atomic mass is 32.1. The first kappa shape index (κ1) is 20.3. The highest BCUT2D eigenvalue weighted by Gasteiger charge is 2.26. The van der Waals surface area contributed by atoms with Crippen molar-refractivity contribution in [3.63, 3.8) is 0 Å². The zero-order chi connectivity index (χ0) is 17.7. The molecule has 0 spiro atoms. The van der Waals surface area contributed by atoms with Gasteiger partial charge in [0.15, 0.2) is 0 Å². The standard InChI is InChI=1S/C20H36N2S/c1-13(2)9-16(7)11-17(15(5)6)20-19(21-12-22(20)8)18(23)10-14(3)4/h12-17H,9-11H2,1-8H3. The predicted molar refractivity (Wildman–Crippen MR) is 105 cm³/mol. The van der Waals surface area contributed by atoms with Crippen molar-refractivity contribution in [2.75, 3.05) is 0 Å². The van der Waals surface area contributed by atoms with Crippen molar-refractivity contribution in [1.82, 2.24) is 9.55 Å². The molecule has 0 aliphatic heterocycles. The number of hydrogen-bond acceptors (Lipinski definition) is 2. The third-order valence-corrected chi connectivity index (χ3v) is 4.89. The van der Waals surface area contributed by atoms with Gasteiger partial charge in [0, 0.05) is 23.5 Å². The van der Waals surface area contributed by atoms with Crippen LogP contribution in [0.3, 0.4) is 0 Å². The lowest BCUT2D eigenvalue weighted by atomic mass is 9.80. The molecule has 0 fully saturated rings. The Kier molecular flexibility index (Phi) is 7.93. The van der Waals surface area contributed by atoms with E-state index in [4.69, 9.17) is 12.2 Å². The van der Waals surface area contributed by atoms with Crippen LogP contribution < -0.4 is 0 Å². The molecule has 0 aromatic carbocycles. The maximum atomic E-state index is 5.71. The largest absolute Gasteiger partial charge is 0.337 e. The van der Waals surface area contributed by atoms with Gasteiger partial charge in [-0.2, -0.15) is 0 Å². The first-order valence-corrected chi connectivity index (χ1v) is 9.58. The minimum Gasteiger partial charge on any atom is -0.337 e.